The molecule has 0 aliphatic rings. The van der Waals surface area contributed by atoms with E-state index in [1.807, 2.05) is 0 Å². The third-order valence-electron chi connectivity index (χ3n) is 4.44. The van der Waals surface area contributed by atoms with E-state index in [0.29, 0.717) is 0 Å². The first-order valence-corrected chi connectivity index (χ1v) is 9.09. The lowest BCUT2D eigenvalue weighted by Gasteiger charge is -2.39. The highest BCUT2D eigenvalue weighted by molar-refractivity contribution is 4.50. The zero-order chi connectivity index (χ0) is 14.4. The number of unbranched alkanes of at least 4 members (excludes halogenated alkanes) is 6. The minimum Gasteiger partial charge on any atom is -1.00 e. The predicted octanol–water partition coefficient (Wildman–Crippen LogP) is 2.79. The normalized spacial score (nSPS) is 11.4. The van der Waals surface area contributed by atoms with E-state index in [0.717, 1.165) is 0 Å². The molecular weight excluding hydrogens is 249 g/mol. The van der Waals surface area contributed by atoms with E-state index < -0.39 is 0 Å². The Kier molecular flexibility index (Phi) is 16.9. The van der Waals surface area contributed by atoms with Crippen LogP contribution in [0.1, 0.15) is 91.9 Å². The minimum atomic E-state index is 0. The van der Waals surface area contributed by atoms with Gasteiger partial charge >= 0.3 is 0 Å². The Hall–Kier alpha value is -0.110. The van der Waals surface area contributed by atoms with Crippen molar-refractivity contribution in [1.29, 1.82) is 0 Å². The van der Waals surface area contributed by atoms with Crippen LogP contribution < -0.4 is 4.70 Å². The van der Waals surface area contributed by atoms with Crippen LogP contribution in [0.2, 0.25) is 0 Å². The van der Waals surface area contributed by atoms with E-state index in [9.17, 15) is 0 Å². The van der Waals surface area contributed by atoms with Crippen LogP contribution in [0, 0.1) is 0 Å². The van der Waals surface area contributed by atoms with Crippen LogP contribution in [-0.4, -0.2) is 30.7 Å². The fourth-order valence-corrected chi connectivity index (χ4v) is 3.03. The van der Waals surface area contributed by atoms with Crippen LogP contribution >= 0.6 is 0 Å². The van der Waals surface area contributed by atoms with E-state index in [4.69, 9.17) is 0 Å². The highest BCUT2D eigenvalue weighted by atomic mass is 19.0. The largest absolute Gasteiger partial charge is 1.00 e. The van der Waals surface area contributed by atoms with Gasteiger partial charge in [-0.3, -0.25) is 0 Å². The Morgan fingerprint density at radius 1 is 0.450 bits per heavy atom. The fraction of sp³-hybridized carbons (Fsp3) is 1.00. The van der Waals surface area contributed by atoms with E-state index in [1.165, 1.54) is 94.9 Å². The highest BCUT2D eigenvalue weighted by Gasteiger charge is 2.24. The molecule has 0 radical (unpaired) electrons. The van der Waals surface area contributed by atoms with Gasteiger partial charge in [-0.25, -0.2) is 0 Å². The number of nitrogens with zero attached hydrogens (tertiary/aromatic N) is 1. The Morgan fingerprint density at radius 3 is 1.15 bits per heavy atom. The average Bonchev–Trinajstić information content (AvgIpc) is 2.44. The van der Waals surface area contributed by atoms with Crippen molar-refractivity contribution in [2.24, 2.45) is 0 Å². The van der Waals surface area contributed by atoms with Gasteiger partial charge in [-0.05, 0) is 32.1 Å². The smallest absolute Gasteiger partial charge is 0.0786 e. The molecule has 0 saturated heterocycles. The highest BCUT2D eigenvalue weighted by Crippen LogP contribution is 2.17. The molecule has 0 heterocycles. The van der Waals surface area contributed by atoms with Crippen molar-refractivity contribution in [2.75, 3.05) is 26.2 Å². The second kappa shape index (κ2) is 15.3. The van der Waals surface area contributed by atoms with Crippen LogP contribution in [0.15, 0.2) is 0 Å². The number of quaternary nitrogens is 1. The summed E-state index contributed by atoms with van der Waals surface area (Å²) in [5, 5.41) is 0. The van der Waals surface area contributed by atoms with Crippen LogP contribution in [0.4, 0.5) is 0 Å². The Bertz CT molecular complexity index is 160. The van der Waals surface area contributed by atoms with Crippen LogP contribution in [-0.2, 0) is 0 Å². The first-order chi connectivity index (χ1) is 9.24. The van der Waals surface area contributed by atoms with Crippen molar-refractivity contribution in [1.82, 2.24) is 0 Å². The quantitative estimate of drug-likeness (QED) is 0.341. The summed E-state index contributed by atoms with van der Waals surface area (Å²) < 4.78 is 1.43. The van der Waals surface area contributed by atoms with Gasteiger partial charge in [0.1, 0.15) is 0 Å². The van der Waals surface area contributed by atoms with E-state index in [2.05, 4.69) is 27.7 Å². The standard InChI is InChI=1S/C18H40N.FH/c1-5-9-13-14-18-19(15-10-6-2,16-11-7-3)17-12-8-4;/h5-18H2,1-4H3;1H/q+1;/p-1. The topological polar surface area (TPSA) is 0 Å². The molecule has 0 amide bonds. The summed E-state index contributed by atoms with van der Waals surface area (Å²) in [5.41, 5.74) is 0. The van der Waals surface area contributed by atoms with Gasteiger partial charge in [-0.1, -0.05) is 59.8 Å². The predicted molar refractivity (Wildman–Crippen MR) is 88.6 cm³/mol. The molecule has 0 rings (SSSR count). The molecule has 0 fully saturated rings. The SMILES string of the molecule is CCCCCC[N+](CCCC)(CCCC)CCCC.[F-]. The van der Waals surface area contributed by atoms with E-state index >= 15 is 0 Å². The molecule has 0 N–H and O–H groups in total. The van der Waals surface area contributed by atoms with Crippen LogP contribution in [0.25, 0.3) is 0 Å². The Morgan fingerprint density at radius 2 is 0.800 bits per heavy atom. The zero-order valence-corrected chi connectivity index (χ0v) is 14.7. The third-order valence-corrected chi connectivity index (χ3v) is 4.44. The molecule has 0 aromatic carbocycles. The van der Waals surface area contributed by atoms with Gasteiger partial charge in [0.25, 0.3) is 0 Å². The summed E-state index contributed by atoms with van der Waals surface area (Å²) >= 11 is 0. The van der Waals surface area contributed by atoms with Gasteiger partial charge in [0.05, 0.1) is 26.2 Å². The molecule has 0 saturated carbocycles. The van der Waals surface area contributed by atoms with Crippen LogP contribution in [0.5, 0.6) is 0 Å². The zero-order valence-electron chi connectivity index (χ0n) is 14.7. The summed E-state index contributed by atoms with van der Waals surface area (Å²) in [4.78, 5) is 0. The Balaban J connectivity index is 0. The summed E-state index contributed by atoms with van der Waals surface area (Å²) in [7, 11) is 0. The fourth-order valence-electron chi connectivity index (χ4n) is 3.03. The summed E-state index contributed by atoms with van der Waals surface area (Å²) in [5.74, 6) is 0. The van der Waals surface area contributed by atoms with Crippen LogP contribution in [0.3, 0.4) is 0 Å². The molecule has 0 atom stereocenters. The molecule has 1 nitrogen and oxygen atoms in total. The molecule has 124 valence electrons. The first kappa shape index (κ1) is 22.2. The lowest BCUT2D eigenvalue weighted by Crippen LogP contribution is -3.00. The van der Waals surface area contributed by atoms with Gasteiger partial charge < -0.3 is 9.19 Å². The van der Waals surface area contributed by atoms with Crippen molar-refractivity contribution in [3.63, 3.8) is 0 Å². The van der Waals surface area contributed by atoms with Crippen molar-refractivity contribution < 1.29 is 9.19 Å². The lowest BCUT2D eigenvalue weighted by atomic mass is 10.1. The van der Waals surface area contributed by atoms with E-state index in [1.54, 1.807) is 0 Å². The second-order valence-corrected chi connectivity index (χ2v) is 6.36. The number of halogens is 1. The molecule has 2 heteroatoms. The van der Waals surface area contributed by atoms with Gasteiger partial charge in [-0.2, -0.15) is 0 Å². The van der Waals surface area contributed by atoms with Gasteiger partial charge in [0.2, 0.25) is 0 Å². The maximum absolute atomic E-state index is 2.34. The van der Waals surface area contributed by atoms with Crippen molar-refractivity contribution >= 4 is 0 Å². The lowest BCUT2D eigenvalue weighted by molar-refractivity contribution is -0.929. The number of rotatable bonds is 14. The van der Waals surface area contributed by atoms with Gasteiger partial charge in [0.15, 0.2) is 0 Å². The molecule has 0 aliphatic carbocycles. The summed E-state index contributed by atoms with van der Waals surface area (Å²) in [6.07, 6.45) is 14.0. The molecule has 0 aromatic rings. The number of hydrogen-bond donors (Lipinski definition) is 0. The van der Waals surface area contributed by atoms with Crippen molar-refractivity contribution in [3.05, 3.63) is 0 Å². The maximum Gasteiger partial charge on any atom is 0.0786 e. The molecule has 0 bridgehead atoms. The summed E-state index contributed by atoms with van der Waals surface area (Å²) in [6, 6.07) is 0. The first-order valence-electron chi connectivity index (χ1n) is 9.09. The second-order valence-electron chi connectivity index (χ2n) is 6.36. The monoisotopic (exact) mass is 289 g/mol. The molecule has 0 spiro atoms. The molecule has 0 unspecified atom stereocenters. The van der Waals surface area contributed by atoms with Gasteiger partial charge in [0, 0.05) is 0 Å². The molecule has 0 aliphatic heterocycles. The van der Waals surface area contributed by atoms with E-state index in [-0.39, 0.29) is 4.70 Å². The number of hydrogen-bond acceptors (Lipinski definition) is 0. The van der Waals surface area contributed by atoms with Crippen molar-refractivity contribution in [3.8, 4) is 0 Å². The molecule has 0 aromatic heterocycles. The average molecular weight is 290 g/mol. The summed E-state index contributed by atoms with van der Waals surface area (Å²) in [6.45, 7) is 15.1. The third kappa shape index (κ3) is 10.7. The molecule has 20 heavy (non-hydrogen) atoms. The van der Waals surface area contributed by atoms with Crippen molar-refractivity contribution in [2.45, 2.75) is 91.9 Å². The maximum atomic E-state index is 2.34. The Labute approximate surface area is 128 Å². The van der Waals surface area contributed by atoms with Gasteiger partial charge in [-0.15, -0.1) is 0 Å². The minimum absolute atomic E-state index is 0. The molecular formula is C18H40FN.